The summed E-state index contributed by atoms with van der Waals surface area (Å²) < 4.78 is 0. The normalized spacial score (nSPS) is 15.8. The highest BCUT2D eigenvalue weighted by Gasteiger charge is 2.31. The zero-order valence-electron chi connectivity index (χ0n) is 18.2. The van der Waals surface area contributed by atoms with Crippen molar-refractivity contribution in [1.29, 1.82) is 0 Å². The molecule has 0 aromatic carbocycles. The molecule has 1 aromatic heterocycles. The van der Waals surface area contributed by atoms with Crippen molar-refractivity contribution in [2.75, 3.05) is 5.75 Å². The summed E-state index contributed by atoms with van der Waals surface area (Å²) in [7, 11) is 0. The van der Waals surface area contributed by atoms with Crippen LogP contribution in [0.2, 0.25) is 0 Å². The number of rotatable bonds is 13. The third-order valence-electron chi connectivity index (χ3n) is 4.53. The standard InChI is InChI=1S/C19H32N6O6S/c1-9(2)4-13(17(28)25-15(10(3)26)19(30)31)23-18(29)14(7-32)24-16(27)12(20)5-11-6-21-8-22-11/h6,8-10,12-15,26,32H,4-5,7,20H2,1-3H3,(H,21,22)(H,23,29)(H,24,27)(H,25,28)(H,30,31). The lowest BCUT2D eigenvalue weighted by Gasteiger charge is -2.26. The first-order chi connectivity index (χ1) is 15.0. The van der Waals surface area contributed by atoms with E-state index in [2.05, 4.69) is 38.5 Å². The van der Waals surface area contributed by atoms with Crippen LogP contribution in [0.15, 0.2) is 12.5 Å². The van der Waals surface area contributed by atoms with Gasteiger partial charge >= 0.3 is 5.97 Å². The third-order valence-corrected chi connectivity index (χ3v) is 4.90. The molecule has 5 atom stereocenters. The number of hydrogen-bond donors (Lipinski definition) is 8. The van der Waals surface area contributed by atoms with Gasteiger partial charge in [0.05, 0.1) is 18.5 Å². The molecule has 1 rings (SSSR count). The van der Waals surface area contributed by atoms with Crippen LogP contribution in [0.3, 0.4) is 0 Å². The first-order valence-corrected chi connectivity index (χ1v) is 10.7. The van der Waals surface area contributed by atoms with Gasteiger partial charge in [-0.05, 0) is 19.3 Å². The number of carbonyl (C=O) groups excluding carboxylic acids is 3. The largest absolute Gasteiger partial charge is 0.480 e. The van der Waals surface area contributed by atoms with Gasteiger partial charge in [-0.25, -0.2) is 9.78 Å². The van der Waals surface area contributed by atoms with Crippen LogP contribution in [0, 0.1) is 5.92 Å². The van der Waals surface area contributed by atoms with Crippen LogP contribution in [0.4, 0.5) is 0 Å². The van der Waals surface area contributed by atoms with E-state index in [9.17, 15) is 24.3 Å². The highest BCUT2D eigenvalue weighted by molar-refractivity contribution is 7.80. The predicted molar refractivity (Wildman–Crippen MR) is 119 cm³/mol. The highest BCUT2D eigenvalue weighted by Crippen LogP contribution is 2.07. The summed E-state index contributed by atoms with van der Waals surface area (Å²) in [6, 6.07) is -4.63. The molecule has 1 heterocycles. The molecular weight excluding hydrogens is 440 g/mol. The molecule has 0 radical (unpaired) electrons. The molecule has 32 heavy (non-hydrogen) atoms. The van der Waals surface area contributed by atoms with Crippen molar-refractivity contribution in [3.05, 3.63) is 18.2 Å². The number of carboxylic acid groups (broad SMARTS) is 1. The van der Waals surface area contributed by atoms with Crippen LogP contribution in [0.1, 0.15) is 32.9 Å². The van der Waals surface area contributed by atoms with Crippen molar-refractivity contribution in [2.45, 2.75) is 63.9 Å². The smallest absolute Gasteiger partial charge is 0.328 e. The van der Waals surface area contributed by atoms with E-state index >= 15 is 0 Å². The monoisotopic (exact) mass is 472 g/mol. The molecule has 5 unspecified atom stereocenters. The molecule has 0 fully saturated rings. The van der Waals surface area contributed by atoms with E-state index in [1.807, 2.05) is 13.8 Å². The van der Waals surface area contributed by atoms with Gasteiger partial charge in [-0.15, -0.1) is 0 Å². The molecule has 0 spiro atoms. The Labute approximate surface area is 191 Å². The van der Waals surface area contributed by atoms with Crippen LogP contribution in [-0.2, 0) is 25.6 Å². The van der Waals surface area contributed by atoms with Crippen LogP contribution in [0.25, 0.3) is 0 Å². The Morgan fingerprint density at radius 3 is 2.16 bits per heavy atom. The summed E-state index contributed by atoms with van der Waals surface area (Å²) in [5.74, 6) is -3.51. The van der Waals surface area contributed by atoms with Gasteiger partial charge in [-0.2, -0.15) is 12.6 Å². The number of aromatic amines is 1. The number of nitrogens with one attached hydrogen (secondary N) is 4. The lowest BCUT2D eigenvalue weighted by atomic mass is 10.0. The summed E-state index contributed by atoms with van der Waals surface area (Å²) in [5, 5.41) is 26.0. The minimum absolute atomic E-state index is 0.0206. The van der Waals surface area contributed by atoms with Crippen molar-refractivity contribution in [3.8, 4) is 0 Å². The van der Waals surface area contributed by atoms with E-state index in [1.165, 1.54) is 19.4 Å². The first-order valence-electron chi connectivity index (χ1n) is 10.1. The van der Waals surface area contributed by atoms with Gasteiger partial charge in [-0.3, -0.25) is 14.4 Å². The van der Waals surface area contributed by atoms with E-state index in [-0.39, 0.29) is 24.5 Å². The van der Waals surface area contributed by atoms with Crippen LogP contribution < -0.4 is 21.7 Å². The Bertz CT molecular complexity index is 772. The molecule has 1 aromatic rings. The molecule has 0 bridgehead atoms. The number of carboxylic acids is 1. The highest BCUT2D eigenvalue weighted by atomic mass is 32.1. The Kier molecular flexibility index (Phi) is 11.2. The first kappa shape index (κ1) is 27.4. The minimum atomic E-state index is -1.53. The van der Waals surface area contributed by atoms with Crippen molar-refractivity contribution in [1.82, 2.24) is 25.9 Å². The molecule has 12 nitrogen and oxygen atoms in total. The second-order valence-corrected chi connectivity index (χ2v) is 8.25. The minimum Gasteiger partial charge on any atom is -0.480 e. The number of amides is 3. The van der Waals surface area contributed by atoms with E-state index in [1.54, 1.807) is 0 Å². The van der Waals surface area contributed by atoms with Crippen LogP contribution in [-0.4, -0.2) is 79.9 Å². The van der Waals surface area contributed by atoms with Crippen molar-refractivity contribution in [2.24, 2.45) is 11.7 Å². The zero-order valence-corrected chi connectivity index (χ0v) is 19.1. The molecule has 0 saturated heterocycles. The van der Waals surface area contributed by atoms with E-state index in [4.69, 9.17) is 10.8 Å². The summed E-state index contributed by atoms with van der Waals surface area (Å²) in [6.45, 7) is 4.87. The van der Waals surface area contributed by atoms with Crippen LogP contribution >= 0.6 is 12.6 Å². The molecule has 0 aliphatic carbocycles. The van der Waals surface area contributed by atoms with Crippen molar-refractivity contribution < 1.29 is 29.4 Å². The average Bonchev–Trinajstić information content (AvgIpc) is 3.21. The lowest BCUT2D eigenvalue weighted by molar-refractivity contribution is -0.145. The predicted octanol–water partition coefficient (Wildman–Crippen LogP) is -1.82. The second kappa shape index (κ2) is 13.0. The molecule has 13 heteroatoms. The maximum absolute atomic E-state index is 12.7. The van der Waals surface area contributed by atoms with Gasteiger partial charge in [-0.1, -0.05) is 13.8 Å². The number of thiol groups is 1. The number of aliphatic hydroxyl groups is 1. The molecule has 8 N–H and O–H groups in total. The van der Waals surface area contributed by atoms with E-state index in [0.29, 0.717) is 5.69 Å². The third kappa shape index (κ3) is 8.85. The molecular formula is C19H32N6O6S. The van der Waals surface area contributed by atoms with Crippen molar-refractivity contribution in [3.63, 3.8) is 0 Å². The van der Waals surface area contributed by atoms with Gasteiger partial charge in [0.25, 0.3) is 0 Å². The zero-order chi connectivity index (χ0) is 24.4. The molecule has 0 saturated carbocycles. The van der Waals surface area contributed by atoms with Crippen LogP contribution in [0.5, 0.6) is 0 Å². The average molecular weight is 473 g/mol. The van der Waals surface area contributed by atoms with E-state index < -0.39 is 54.0 Å². The topological polar surface area (TPSA) is 200 Å². The Hall–Kier alpha value is -2.64. The maximum atomic E-state index is 12.7. The van der Waals surface area contributed by atoms with Gasteiger partial charge in [0.1, 0.15) is 12.1 Å². The number of aliphatic hydroxyl groups excluding tert-OH is 1. The fraction of sp³-hybridized carbons (Fsp3) is 0.632. The maximum Gasteiger partial charge on any atom is 0.328 e. The second-order valence-electron chi connectivity index (χ2n) is 7.89. The quantitative estimate of drug-likeness (QED) is 0.153. The molecule has 0 aliphatic rings. The number of carbonyl (C=O) groups is 4. The molecule has 0 aliphatic heterocycles. The summed E-state index contributed by atoms with van der Waals surface area (Å²) in [5.41, 5.74) is 6.53. The van der Waals surface area contributed by atoms with Gasteiger partial charge in [0.2, 0.25) is 17.7 Å². The number of aliphatic carboxylic acids is 1. The van der Waals surface area contributed by atoms with Gasteiger partial charge in [0, 0.05) is 24.1 Å². The molecule has 3 amide bonds. The number of nitrogens with two attached hydrogens (primary N) is 1. The Morgan fingerprint density at radius 1 is 1.09 bits per heavy atom. The fourth-order valence-electron chi connectivity index (χ4n) is 2.82. The number of aromatic nitrogens is 2. The Morgan fingerprint density at radius 2 is 1.69 bits per heavy atom. The number of hydrogen-bond acceptors (Lipinski definition) is 8. The van der Waals surface area contributed by atoms with Crippen molar-refractivity contribution >= 4 is 36.3 Å². The summed E-state index contributed by atoms with van der Waals surface area (Å²) >= 11 is 4.10. The van der Waals surface area contributed by atoms with E-state index in [0.717, 1.165) is 0 Å². The number of imidazole rings is 1. The summed E-state index contributed by atoms with van der Waals surface area (Å²) in [4.78, 5) is 55.7. The number of H-pyrrole nitrogens is 1. The summed E-state index contributed by atoms with van der Waals surface area (Å²) in [6.07, 6.45) is 2.03. The Balaban J connectivity index is 2.81. The SMILES string of the molecule is CC(C)CC(NC(=O)C(CS)NC(=O)C(N)Cc1cnc[nH]1)C(=O)NC(C(=O)O)C(C)O. The fourth-order valence-corrected chi connectivity index (χ4v) is 3.07. The molecule has 180 valence electrons. The van der Waals surface area contributed by atoms with Gasteiger partial charge < -0.3 is 36.9 Å². The lowest BCUT2D eigenvalue weighted by Crippen LogP contribution is -2.59. The van der Waals surface area contributed by atoms with Gasteiger partial charge in [0.15, 0.2) is 6.04 Å². The number of nitrogens with zero attached hydrogens (tertiary/aromatic N) is 1.